The highest BCUT2D eigenvalue weighted by molar-refractivity contribution is 7.19. The number of anilines is 1. The fourth-order valence-corrected chi connectivity index (χ4v) is 4.46. The van der Waals surface area contributed by atoms with Crippen molar-refractivity contribution in [3.05, 3.63) is 67.4 Å². The summed E-state index contributed by atoms with van der Waals surface area (Å²) in [5, 5.41) is 12.8. The molecule has 0 spiro atoms. The number of halogens is 3. The molecule has 0 saturated heterocycles. The lowest BCUT2D eigenvalue weighted by atomic mass is 10.1. The largest absolute Gasteiger partial charge is 0.481 e. The van der Waals surface area contributed by atoms with Crippen molar-refractivity contribution in [3.63, 3.8) is 0 Å². The predicted octanol–water partition coefficient (Wildman–Crippen LogP) is 6.03. The second-order valence-electron chi connectivity index (χ2n) is 7.47. The third-order valence-corrected chi connectivity index (χ3v) is 6.35. The van der Waals surface area contributed by atoms with Crippen LogP contribution in [0.3, 0.4) is 0 Å². The molecule has 1 amide bonds. The van der Waals surface area contributed by atoms with Crippen LogP contribution in [0.5, 0.6) is 0 Å². The number of carboxylic acids is 1. The number of nitrogens with one attached hydrogen (secondary N) is 1. The van der Waals surface area contributed by atoms with Crippen molar-refractivity contribution in [1.82, 2.24) is 9.55 Å². The molecule has 0 fully saturated rings. The van der Waals surface area contributed by atoms with E-state index in [4.69, 9.17) is 39.9 Å². The van der Waals surface area contributed by atoms with Gasteiger partial charge in [-0.15, -0.1) is 0 Å². The zero-order valence-corrected chi connectivity index (χ0v) is 19.9. The molecule has 0 aliphatic rings. The number of nitrogens with zero attached hydrogens (tertiary/aromatic N) is 2. The summed E-state index contributed by atoms with van der Waals surface area (Å²) in [6, 6.07) is 7.20. The number of aliphatic carboxylic acids is 1. The Morgan fingerprint density at radius 2 is 1.90 bits per heavy atom. The Morgan fingerprint density at radius 1 is 1.16 bits per heavy atom. The van der Waals surface area contributed by atoms with Gasteiger partial charge in [-0.05, 0) is 41.7 Å². The smallest absolute Gasteiger partial charge is 0.309 e. The van der Waals surface area contributed by atoms with E-state index in [0.29, 0.717) is 28.2 Å². The highest BCUT2D eigenvalue weighted by atomic mass is 35.5. The minimum atomic E-state index is -1.04. The van der Waals surface area contributed by atoms with E-state index < -0.39 is 5.97 Å². The number of hydrogen-bond donors (Lipinski definition) is 2. The summed E-state index contributed by atoms with van der Waals surface area (Å²) in [7, 11) is 0. The van der Waals surface area contributed by atoms with Crippen LogP contribution in [0.25, 0.3) is 0 Å². The Labute approximate surface area is 198 Å². The maximum atomic E-state index is 13.0. The monoisotopic (exact) mass is 499 g/mol. The first-order valence-electron chi connectivity index (χ1n) is 9.43. The molecule has 10 heteroatoms. The fraction of sp³-hybridized carbons (Fsp3) is 0.286. The summed E-state index contributed by atoms with van der Waals surface area (Å²) in [6.45, 7) is 4.65. The predicted molar refractivity (Wildman–Crippen MR) is 125 cm³/mol. The number of carbonyl (C=O) groups is 2. The third-order valence-electron chi connectivity index (χ3n) is 4.36. The lowest BCUT2D eigenvalue weighted by Gasteiger charge is -2.10. The molecule has 0 saturated carbocycles. The molecule has 2 heterocycles. The highest BCUT2D eigenvalue weighted by Gasteiger charge is 2.19. The molecule has 6 nitrogen and oxygen atoms in total. The summed E-state index contributed by atoms with van der Waals surface area (Å²) in [4.78, 5) is 28.1. The second-order valence-corrected chi connectivity index (χ2v) is 9.89. The molecule has 164 valence electrons. The van der Waals surface area contributed by atoms with Gasteiger partial charge in [-0.3, -0.25) is 14.9 Å². The van der Waals surface area contributed by atoms with E-state index >= 15 is 0 Å². The van der Waals surface area contributed by atoms with Gasteiger partial charge in [-0.1, -0.05) is 66.1 Å². The third kappa shape index (κ3) is 6.23. The number of hydrogen-bond acceptors (Lipinski definition) is 4. The van der Waals surface area contributed by atoms with Crippen LogP contribution >= 0.6 is 46.1 Å². The number of rotatable bonds is 8. The number of carbonyl (C=O) groups excluding carboxylic acids is 1. The van der Waals surface area contributed by atoms with Gasteiger partial charge < -0.3 is 9.67 Å². The number of benzene rings is 1. The van der Waals surface area contributed by atoms with Crippen LogP contribution in [0.1, 0.15) is 41.2 Å². The van der Waals surface area contributed by atoms with Crippen molar-refractivity contribution >= 4 is 63.1 Å². The summed E-state index contributed by atoms with van der Waals surface area (Å²) in [6.07, 6.45) is 2.46. The van der Waals surface area contributed by atoms with Gasteiger partial charge in [0, 0.05) is 12.7 Å². The summed E-state index contributed by atoms with van der Waals surface area (Å²) < 4.78 is 2.09. The van der Waals surface area contributed by atoms with Crippen molar-refractivity contribution in [3.8, 4) is 0 Å². The van der Waals surface area contributed by atoms with Crippen LogP contribution in [-0.4, -0.2) is 26.5 Å². The topological polar surface area (TPSA) is 84.2 Å². The molecule has 3 aromatic rings. The first-order valence-corrected chi connectivity index (χ1v) is 11.4. The standard InChI is InChI=1S/C21H20Cl3N3O3S/c1-11(2)5-13-7-17(27(10-13)9-12-3-4-14(22)15(23)6-12)20(30)26-21-25-16(8-18(28)29)19(24)31-21/h3-4,6-7,10-11H,5,8-9H2,1-2H3,(H,28,29)(H,25,26,30). The molecule has 0 aliphatic heterocycles. The highest BCUT2D eigenvalue weighted by Crippen LogP contribution is 2.29. The van der Waals surface area contributed by atoms with E-state index in [2.05, 4.69) is 24.1 Å². The lowest BCUT2D eigenvalue weighted by molar-refractivity contribution is -0.136. The summed E-state index contributed by atoms with van der Waals surface area (Å²) >= 11 is 19.2. The van der Waals surface area contributed by atoms with Gasteiger partial charge in [0.2, 0.25) is 0 Å². The van der Waals surface area contributed by atoms with Gasteiger partial charge in [-0.25, -0.2) is 4.98 Å². The Hall–Kier alpha value is -2.06. The molecule has 0 bridgehead atoms. The summed E-state index contributed by atoms with van der Waals surface area (Å²) in [5.74, 6) is -0.977. The Balaban J connectivity index is 1.87. The average Bonchev–Trinajstić information content (AvgIpc) is 3.20. The molecule has 0 radical (unpaired) electrons. The molecule has 0 unspecified atom stereocenters. The number of aromatic nitrogens is 2. The molecular weight excluding hydrogens is 481 g/mol. The van der Waals surface area contributed by atoms with E-state index in [9.17, 15) is 9.59 Å². The molecule has 2 N–H and O–H groups in total. The second kappa shape index (κ2) is 10.0. The Kier molecular flexibility index (Phi) is 7.64. The number of amides is 1. The van der Waals surface area contributed by atoms with Gasteiger partial charge in [-0.2, -0.15) is 0 Å². The van der Waals surface area contributed by atoms with Crippen LogP contribution < -0.4 is 5.32 Å². The van der Waals surface area contributed by atoms with Crippen molar-refractivity contribution in [2.75, 3.05) is 5.32 Å². The lowest BCUT2D eigenvalue weighted by Crippen LogP contribution is -2.17. The van der Waals surface area contributed by atoms with E-state index in [1.54, 1.807) is 12.1 Å². The maximum Gasteiger partial charge on any atom is 0.309 e. The first-order chi connectivity index (χ1) is 14.6. The fourth-order valence-electron chi connectivity index (χ4n) is 3.11. The first kappa shape index (κ1) is 23.6. The van der Waals surface area contributed by atoms with Crippen LogP contribution in [0.2, 0.25) is 14.4 Å². The van der Waals surface area contributed by atoms with Crippen molar-refractivity contribution in [1.29, 1.82) is 0 Å². The molecule has 2 aromatic heterocycles. The van der Waals surface area contributed by atoms with Crippen LogP contribution in [0.15, 0.2) is 30.5 Å². The summed E-state index contributed by atoms with van der Waals surface area (Å²) in [5.41, 5.74) is 2.61. The van der Waals surface area contributed by atoms with E-state index in [1.807, 2.05) is 22.9 Å². The Bertz CT molecular complexity index is 1120. The zero-order chi connectivity index (χ0) is 22.7. The van der Waals surface area contributed by atoms with Crippen molar-refractivity contribution < 1.29 is 14.7 Å². The minimum Gasteiger partial charge on any atom is -0.481 e. The normalized spacial score (nSPS) is 11.2. The van der Waals surface area contributed by atoms with Gasteiger partial charge in [0.05, 0.1) is 22.2 Å². The Morgan fingerprint density at radius 3 is 2.55 bits per heavy atom. The molecule has 1 aromatic carbocycles. The van der Waals surface area contributed by atoms with Gasteiger partial charge in [0.25, 0.3) is 5.91 Å². The van der Waals surface area contributed by atoms with Gasteiger partial charge >= 0.3 is 5.97 Å². The van der Waals surface area contributed by atoms with Crippen LogP contribution in [0.4, 0.5) is 5.13 Å². The SMILES string of the molecule is CC(C)Cc1cc(C(=O)Nc2nc(CC(=O)O)c(Cl)s2)n(Cc2ccc(Cl)c(Cl)c2)c1. The number of thiazole rings is 1. The van der Waals surface area contributed by atoms with Crippen LogP contribution in [-0.2, 0) is 24.2 Å². The van der Waals surface area contributed by atoms with Gasteiger partial charge in [0.15, 0.2) is 5.13 Å². The maximum absolute atomic E-state index is 13.0. The van der Waals surface area contributed by atoms with Crippen molar-refractivity contribution in [2.24, 2.45) is 5.92 Å². The van der Waals surface area contributed by atoms with Crippen LogP contribution in [0, 0.1) is 5.92 Å². The van der Waals surface area contributed by atoms with Crippen molar-refractivity contribution in [2.45, 2.75) is 33.2 Å². The molecule has 31 heavy (non-hydrogen) atoms. The zero-order valence-electron chi connectivity index (χ0n) is 16.8. The van der Waals surface area contributed by atoms with E-state index in [0.717, 1.165) is 28.9 Å². The van der Waals surface area contributed by atoms with E-state index in [-0.39, 0.29) is 27.5 Å². The average molecular weight is 501 g/mol. The van der Waals surface area contributed by atoms with Gasteiger partial charge in [0.1, 0.15) is 10.0 Å². The quantitative estimate of drug-likeness (QED) is 0.395. The molecule has 0 aliphatic carbocycles. The number of carboxylic acid groups (broad SMARTS) is 1. The molecule has 3 rings (SSSR count). The molecular formula is C21H20Cl3N3O3S. The molecule has 0 atom stereocenters. The minimum absolute atomic E-state index is 0.223. The van der Waals surface area contributed by atoms with E-state index in [1.165, 1.54) is 0 Å².